The average Bonchev–Trinajstić information content (AvgIpc) is 2.62. The summed E-state index contributed by atoms with van der Waals surface area (Å²) in [4.78, 5) is 26.4. The minimum absolute atomic E-state index is 0.00193. The zero-order valence-corrected chi connectivity index (χ0v) is 16.1. The van der Waals surface area contributed by atoms with Gasteiger partial charge in [-0.25, -0.2) is 0 Å². The fraction of sp³-hybridized carbons (Fsp3) is 0.364. The zero-order valence-electron chi connectivity index (χ0n) is 16.1. The molecule has 2 amide bonds. The predicted molar refractivity (Wildman–Crippen MR) is 107 cm³/mol. The number of para-hydroxylation sites is 1. The van der Waals surface area contributed by atoms with Gasteiger partial charge < -0.3 is 10.2 Å². The highest BCUT2D eigenvalue weighted by molar-refractivity contribution is 5.96. The van der Waals surface area contributed by atoms with Gasteiger partial charge in [-0.2, -0.15) is 0 Å². The van der Waals surface area contributed by atoms with Gasteiger partial charge in [0.1, 0.15) is 0 Å². The molecule has 2 aromatic carbocycles. The summed E-state index contributed by atoms with van der Waals surface area (Å²) in [6.07, 6.45) is 0.272. The fourth-order valence-corrected chi connectivity index (χ4v) is 2.75. The molecule has 0 aliphatic carbocycles. The van der Waals surface area contributed by atoms with Gasteiger partial charge in [0.05, 0.1) is 0 Å². The Balaban J connectivity index is 1.88. The second kappa shape index (κ2) is 8.65. The molecule has 0 saturated heterocycles. The van der Waals surface area contributed by atoms with Crippen LogP contribution in [0.25, 0.3) is 0 Å². The largest absolute Gasteiger partial charge is 0.352 e. The van der Waals surface area contributed by atoms with Crippen molar-refractivity contribution in [3.05, 3.63) is 65.7 Å². The number of carbonyl (C=O) groups excluding carboxylic acids is 2. The molecule has 0 fully saturated rings. The van der Waals surface area contributed by atoms with E-state index in [2.05, 4.69) is 26.1 Å². The van der Waals surface area contributed by atoms with E-state index in [0.717, 1.165) is 5.69 Å². The smallest absolute Gasteiger partial charge is 0.251 e. The summed E-state index contributed by atoms with van der Waals surface area (Å²) in [5.74, 6) is -0.150. The number of nitrogens with one attached hydrogen (secondary N) is 1. The molecule has 4 nitrogen and oxygen atoms in total. The van der Waals surface area contributed by atoms with Crippen molar-refractivity contribution in [3.63, 3.8) is 0 Å². The number of anilines is 1. The van der Waals surface area contributed by atoms with Gasteiger partial charge in [0.25, 0.3) is 5.91 Å². The third-order valence-corrected chi connectivity index (χ3v) is 4.32. The van der Waals surface area contributed by atoms with E-state index in [4.69, 9.17) is 0 Å². The first kappa shape index (κ1) is 19.7. The highest BCUT2D eigenvalue weighted by Gasteiger charge is 2.16. The van der Waals surface area contributed by atoms with Gasteiger partial charge in [0.2, 0.25) is 5.91 Å². The first-order valence-corrected chi connectivity index (χ1v) is 9.07. The molecule has 0 aliphatic rings. The topological polar surface area (TPSA) is 49.4 Å². The summed E-state index contributed by atoms with van der Waals surface area (Å²) >= 11 is 0. The van der Waals surface area contributed by atoms with E-state index >= 15 is 0 Å². The van der Waals surface area contributed by atoms with Crippen molar-refractivity contribution in [3.8, 4) is 0 Å². The van der Waals surface area contributed by atoms with E-state index in [9.17, 15) is 9.59 Å². The van der Waals surface area contributed by atoms with E-state index in [1.54, 1.807) is 4.90 Å². The molecular weight excluding hydrogens is 324 g/mol. The second-order valence-electron chi connectivity index (χ2n) is 7.31. The van der Waals surface area contributed by atoms with Gasteiger partial charge in [0.15, 0.2) is 0 Å². The van der Waals surface area contributed by atoms with E-state index in [-0.39, 0.29) is 23.7 Å². The third-order valence-electron chi connectivity index (χ3n) is 4.32. The van der Waals surface area contributed by atoms with Crippen LogP contribution in [0.5, 0.6) is 0 Å². The van der Waals surface area contributed by atoms with Crippen LogP contribution in [0.4, 0.5) is 5.69 Å². The van der Waals surface area contributed by atoms with Crippen LogP contribution in [0, 0.1) is 0 Å². The highest BCUT2D eigenvalue weighted by atomic mass is 16.2. The molecule has 2 rings (SSSR count). The van der Waals surface area contributed by atoms with Gasteiger partial charge in [-0.1, -0.05) is 51.1 Å². The number of rotatable bonds is 6. The van der Waals surface area contributed by atoms with Crippen molar-refractivity contribution in [1.29, 1.82) is 0 Å². The predicted octanol–water partition coefficient (Wildman–Crippen LogP) is 4.16. The number of benzene rings is 2. The Morgan fingerprint density at radius 2 is 1.58 bits per heavy atom. The first-order chi connectivity index (χ1) is 12.3. The minimum Gasteiger partial charge on any atom is -0.352 e. The molecule has 0 saturated carbocycles. The Hall–Kier alpha value is -2.62. The molecule has 0 radical (unpaired) electrons. The lowest BCUT2D eigenvalue weighted by Crippen LogP contribution is -2.34. The molecule has 2 aromatic rings. The Morgan fingerprint density at radius 1 is 0.962 bits per heavy atom. The summed E-state index contributed by atoms with van der Waals surface area (Å²) in [6, 6.07) is 17.2. The highest BCUT2D eigenvalue weighted by Crippen LogP contribution is 2.22. The molecule has 0 heterocycles. The SMILES string of the molecule is CCN(C(=O)CCNC(=O)c1ccc(C(C)(C)C)cc1)c1ccccc1. The molecule has 4 heteroatoms. The van der Waals surface area contributed by atoms with Crippen molar-refractivity contribution in [2.45, 2.75) is 39.5 Å². The van der Waals surface area contributed by atoms with E-state index < -0.39 is 0 Å². The van der Waals surface area contributed by atoms with Crippen LogP contribution in [0.2, 0.25) is 0 Å². The van der Waals surface area contributed by atoms with Crippen LogP contribution < -0.4 is 10.2 Å². The van der Waals surface area contributed by atoms with Crippen LogP contribution in [0.1, 0.15) is 50.0 Å². The maximum absolute atomic E-state index is 12.4. The summed E-state index contributed by atoms with van der Waals surface area (Å²) in [5, 5.41) is 2.83. The Kier molecular flexibility index (Phi) is 6.56. The lowest BCUT2D eigenvalue weighted by Gasteiger charge is -2.21. The van der Waals surface area contributed by atoms with Crippen LogP contribution in [0.3, 0.4) is 0 Å². The lowest BCUT2D eigenvalue weighted by molar-refractivity contribution is -0.118. The zero-order chi connectivity index (χ0) is 19.2. The average molecular weight is 352 g/mol. The Bertz CT molecular complexity index is 731. The molecule has 0 spiro atoms. The summed E-state index contributed by atoms with van der Waals surface area (Å²) in [6.45, 7) is 9.28. The quantitative estimate of drug-likeness (QED) is 0.849. The number of nitrogens with zero attached hydrogens (tertiary/aromatic N) is 1. The van der Waals surface area contributed by atoms with Crippen molar-refractivity contribution in [2.24, 2.45) is 0 Å². The van der Waals surface area contributed by atoms with Gasteiger partial charge in [-0.05, 0) is 42.2 Å². The summed E-state index contributed by atoms with van der Waals surface area (Å²) in [7, 11) is 0. The van der Waals surface area contributed by atoms with Gasteiger partial charge in [0, 0.05) is 30.8 Å². The number of hydrogen-bond donors (Lipinski definition) is 1. The Labute approximate surface area is 156 Å². The van der Waals surface area contributed by atoms with Crippen molar-refractivity contribution < 1.29 is 9.59 Å². The van der Waals surface area contributed by atoms with Crippen molar-refractivity contribution in [1.82, 2.24) is 5.32 Å². The minimum atomic E-state index is -0.152. The van der Waals surface area contributed by atoms with Crippen LogP contribution in [-0.4, -0.2) is 24.9 Å². The lowest BCUT2D eigenvalue weighted by atomic mass is 9.87. The molecular formula is C22H28N2O2. The van der Waals surface area contributed by atoms with E-state index in [1.165, 1.54) is 5.56 Å². The van der Waals surface area contributed by atoms with Gasteiger partial charge in [-0.15, -0.1) is 0 Å². The van der Waals surface area contributed by atoms with Crippen LogP contribution in [0.15, 0.2) is 54.6 Å². The van der Waals surface area contributed by atoms with Gasteiger partial charge in [-0.3, -0.25) is 9.59 Å². The normalized spacial score (nSPS) is 11.1. The molecule has 0 aliphatic heterocycles. The number of hydrogen-bond acceptors (Lipinski definition) is 2. The van der Waals surface area contributed by atoms with Crippen molar-refractivity contribution >= 4 is 17.5 Å². The summed E-state index contributed by atoms with van der Waals surface area (Å²) < 4.78 is 0. The molecule has 0 aromatic heterocycles. The Morgan fingerprint density at radius 3 is 2.12 bits per heavy atom. The number of amides is 2. The van der Waals surface area contributed by atoms with E-state index in [1.807, 2.05) is 61.5 Å². The molecule has 1 N–H and O–H groups in total. The molecule has 0 bridgehead atoms. The van der Waals surface area contributed by atoms with Crippen LogP contribution in [-0.2, 0) is 10.2 Å². The molecule has 26 heavy (non-hydrogen) atoms. The third kappa shape index (κ3) is 5.19. The molecule has 0 unspecified atom stereocenters. The second-order valence-corrected chi connectivity index (χ2v) is 7.31. The van der Waals surface area contributed by atoms with Gasteiger partial charge >= 0.3 is 0 Å². The van der Waals surface area contributed by atoms with Crippen LogP contribution >= 0.6 is 0 Å². The standard InChI is InChI=1S/C22H28N2O2/c1-5-24(19-9-7-6-8-10-19)20(25)15-16-23-21(26)17-11-13-18(14-12-17)22(2,3)4/h6-14H,5,15-16H2,1-4H3,(H,23,26). The maximum Gasteiger partial charge on any atom is 0.251 e. The van der Waals surface area contributed by atoms with E-state index in [0.29, 0.717) is 18.7 Å². The van der Waals surface area contributed by atoms with Crippen molar-refractivity contribution in [2.75, 3.05) is 18.0 Å². The monoisotopic (exact) mass is 352 g/mol. The fourth-order valence-electron chi connectivity index (χ4n) is 2.75. The molecule has 0 atom stereocenters. The number of carbonyl (C=O) groups is 2. The molecule has 138 valence electrons. The maximum atomic E-state index is 12.4. The summed E-state index contributed by atoms with van der Waals surface area (Å²) in [5.41, 5.74) is 2.73. The first-order valence-electron chi connectivity index (χ1n) is 9.07.